The molecule has 0 saturated carbocycles. The first-order valence-corrected chi connectivity index (χ1v) is 8.55. The number of esters is 1. The summed E-state index contributed by atoms with van der Waals surface area (Å²) in [6, 6.07) is 9.94. The van der Waals surface area contributed by atoms with Gasteiger partial charge in [-0.25, -0.2) is 4.68 Å². The zero-order chi connectivity index (χ0) is 17.1. The zero-order valence-corrected chi connectivity index (χ0v) is 14.8. The quantitative estimate of drug-likeness (QED) is 0.780. The number of rotatable bonds is 5. The highest BCUT2D eigenvalue weighted by Crippen LogP contribution is 2.27. The highest BCUT2D eigenvalue weighted by Gasteiger charge is 2.32. The summed E-state index contributed by atoms with van der Waals surface area (Å²) in [4.78, 5) is 14.0. The van der Waals surface area contributed by atoms with E-state index in [2.05, 4.69) is 22.1 Å². The summed E-state index contributed by atoms with van der Waals surface area (Å²) in [5.74, 6) is -0.169. The van der Waals surface area contributed by atoms with Gasteiger partial charge in [0.25, 0.3) is 0 Å². The SMILES string of the molecule is COC(=O)C1CCCN1Cc1c(C)nn(Cc2ccccc2)c1Cl. The standard InChI is InChI=1S/C18H22ClN3O2/c1-13-15(12-21-10-6-9-16(21)18(23)24-2)17(19)22(20-13)11-14-7-4-3-5-8-14/h3-5,7-8,16H,6,9-12H2,1-2H3. The molecule has 128 valence electrons. The molecule has 1 atom stereocenters. The minimum atomic E-state index is -0.178. The summed E-state index contributed by atoms with van der Waals surface area (Å²) in [6.45, 7) is 4.10. The first-order chi connectivity index (χ1) is 11.6. The molecule has 0 amide bonds. The second kappa shape index (κ2) is 7.36. The monoisotopic (exact) mass is 347 g/mol. The Labute approximate surface area is 147 Å². The molecular weight excluding hydrogens is 326 g/mol. The average Bonchev–Trinajstić information content (AvgIpc) is 3.16. The third kappa shape index (κ3) is 3.47. The van der Waals surface area contributed by atoms with Crippen LogP contribution in [-0.4, -0.2) is 40.3 Å². The number of carbonyl (C=O) groups is 1. The molecule has 5 nitrogen and oxygen atoms in total. The number of methoxy groups -OCH3 is 1. The third-order valence-corrected chi connectivity index (χ3v) is 4.98. The molecule has 1 unspecified atom stereocenters. The summed E-state index contributed by atoms with van der Waals surface area (Å²) in [7, 11) is 1.44. The molecule has 2 heterocycles. The van der Waals surface area contributed by atoms with Gasteiger partial charge >= 0.3 is 5.97 Å². The minimum absolute atomic E-state index is 0.169. The fourth-order valence-corrected chi connectivity index (χ4v) is 3.55. The van der Waals surface area contributed by atoms with E-state index in [9.17, 15) is 4.79 Å². The van der Waals surface area contributed by atoms with Gasteiger partial charge in [0.1, 0.15) is 11.2 Å². The Morgan fingerprint density at radius 2 is 2.08 bits per heavy atom. The highest BCUT2D eigenvalue weighted by atomic mass is 35.5. The van der Waals surface area contributed by atoms with Crippen molar-refractivity contribution in [2.24, 2.45) is 0 Å². The lowest BCUT2D eigenvalue weighted by Crippen LogP contribution is -2.36. The number of aryl methyl sites for hydroxylation is 1. The number of likely N-dealkylation sites (tertiary alicyclic amines) is 1. The molecule has 1 aliphatic heterocycles. The predicted molar refractivity (Wildman–Crippen MR) is 93.0 cm³/mol. The first kappa shape index (κ1) is 17.0. The van der Waals surface area contributed by atoms with Crippen LogP contribution >= 0.6 is 11.6 Å². The molecule has 0 aliphatic carbocycles. The maximum absolute atomic E-state index is 11.9. The highest BCUT2D eigenvalue weighted by molar-refractivity contribution is 6.30. The van der Waals surface area contributed by atoms with Gasteiger partial charge in [-0.2, -0.15) is 5.10 Å². The van der Waals surface area contributed by atoms with Crippen molar-refractivity contribution in [1.29, 1.82) is 0 Å². The van der Waals surface area contributed by atoms with Crippen molar-refractivity contribution in [3.05, 3.63) is 52.3 Å². The Morgan fingerprint density at radius 3 is 2.79 bits per heavy atom. The van der Waals surface area contributed by atoms with Gasteiger partial charge in [0, 0.05) is 12.1 Å². The normalized spacial score (nSPS) is 18.0. The molecule has 6 heteroatoms. The van der Waals surface area contributed by atoms with Crippen molar-refractivity contribution in [1.82, 2.24) is 14.7 Å². The maximum atomic E-state index is 11.9. The van der Waals surface area contributed by atoms with Crippen LogP contribution in [0.2, 0.25) is 5.15 Å². The van der Waals surface area contributed by atoms with E-state index in [1.165, 1.54) is 7.11 Å². The Hall–Kier alpha value is -1.85. The van der Waals surface area contributed by atoms with Crippen molar-refractivity contribution in [2.75, 3.05) is 13.7 Å². The molecule has 2 aromatic rings. The lowest BCUT2D eigenvalue weighted by molar-refractivity contribution is -0.146. The van der Waals surface area contributed by atoms with Crippen LogP contribution in [0.4, 0.5) is 0 Å². The van der Waals surface area contributed by atoms with E-state index in [-0.39, 0.29) is 12.0 Å². The van der Waals surface area contributed by atoms with Crippen LogP contribution < -0.4 is 0 Å². The van der Waals surface area contributed by atoms with E-state index >= 15 is 0 Å². The summed E-state index contributed by atoms with van der Waals surface area (Å²) in [5, 5.41) is 5.22. The number of aromatic nitrogens is 2. The lowest BCUT2D eigenvalue weighted by atomic mass is 10.2. The predicted octanol–water partition coefficient (Wildman–Crippen LogP) is 3.03. The molecule has 0 bridgehead atoms. The molecule has 0 radical (unpaired) electrons. The summed E-state index contributed by atoms with van der Waals surface area (Å²) in [5.41, 5.74) is 3.05. The van der Waals surface area contributed by atoms with Gasteiger partial charge in [0.2, 0.25) is 0 Å². The second-order valence-electron chi connectivity index (χ2n) is 6.15. The topological polar surface area (TPSA) is 47.4 Å². The fourth-order valence-electron chi connectivity index (χ4n) is 3.25. The number of hydrogen-bond acceptors (Lipinski definition) is 4. The molecule has 0 spiro atoms. The van der Waals surface area contributed by atoms with Crippen LogP contribution in [0.1, 0.15) is 29.7 Å². The molecule has 1 aromatic heterocycles. The molecule has 1 aliphatic rings. The van der Waals surface area contributed by atoms with E-state index in [4.69, 9.17) is 16.3 Å². The molecule has 1 fully saturated rings. The molecule has 0 N–H and O–H groups in total. The van der Waals surface area contributed by atoms with Crippen LogP contribution in [0, 0.1) is 6.92 Å². The zero-order valence-electron chi connectivity index (χ0n) is 14.0. The first-order valence-electron chi connectivity index (χ1n) is 8.17. The number of carbonyl (C=O) groups excluding carboxylic acids is 1. The third-order valence-electron chi connectivity index (χ3n) is 4.56. The smallest absolute Gasteiger partial charge is 0.323 e. The summed E-state index contributed by atoms with van der Waals surface area (Å²) >= 11 is 6.58. The van der Waals surface area contributed by atoms with E-state index in [0.29, 0.717) is 18.2 Å². The largest absolute Gasteiger partial charge is 0.468 e. The van der Waals surface area contributed by atoms with Crippen molar-refractivity contribution < 1.29 is 9.53 Å². The van der Waals surface area contributed by atoms with Crippen molar-refractivity contribution in [3.8, 4) is 0 Å². The number of hydrogen-bond donors (Lipinski definition) is 0. The molecule has 3 rings (SSSR count). The molecular formula is C18H22ClN3O2. The van der Waals surface area contributed by atoms with Crippen LogP contribution in [0.15, 0.2) is 30.3 Å². The van der Waals surface area contributed by atoms with Crippen molar-refractivity contribution in [2.45, 2.75) is 38.9 Å². The van der Waals surface area contributed by atoms with Gasteiger partial charge in [0.05, 0.1) is 19.3 Å². The average molecular weight is 348 g/mol. The van der Waals surface area contributed by atoms with Gasteiger partial charge < -0.3 is 4.74 Å². The van der Waals surface area contributed by atoms with E-state index in [1.54, 1.807) is 0 Å². The van der Waals surface area contributed by atoms with Gasteiger partial charge in [-0.3, -0.25) is 9.69 Å². The van der Waals surface area contributed by atoms with Gasteiger partial charge in [-0.15, -0.1) is 0 Å². The molecule has 1 saturated heterocycles. The van der Waals surface area contributed by atoms with Crippen LogP contribution in [0.25, 0.3) is 0 Å². The van der Waals surface area contributed by atoms with Crippen LogP contribution in [-0.2, 0) is 22.6 Å². The minimum Gasteiger partial charge on any atom is -0.468 e. The van der Waals surface area contributed by atoms with Crippen LogP contribution in [0.3, 0.4) is 0 Å². The maximum Gasteiger partial charge on any atom is 0.323 e. The number of ether oxygens (including phenoxy) is 1. The van der Waals surface area contributed by atoms with Gasteiger partial charge in [-0.1, -0.05) is 41.9 Å². The van der Waals surface area contributed by atoms with E-state index in [0.717, 1.165) is 36.2 Å². The second-order valence-corrected chi connectivity index (χ2v) is 6.51. The summed E-state index contributed by atoms with van der Waals surface area (Å²) < 4.78 is 6.74. The molecule has 1 aromatic carbocycles. The lowest BCUT2D eigenvalue weighted by Gasteiger charge is -2.22. The van der Waals surface area contributed by atoms with Crippen LogP contribution in [0.5, 0.6) is 0 Å². The fraction of sp³-hybridized carbons (Fsp3) is 0.444. The Balaban J connectivity index is 1.78. The number of benzene rings is 1. The van der Waals surface area contributed by atoms with Crippen molar-refractivity contribution in [3.63, 3.8) is 0 Å². The van der Waals surface area contributed by atoms with Gasteiger partial charge in [0.15, 0.2) is 0 Å². The Morgan fingerprint density at radius 1 is 1.33 bits per heavy atom. The molecule has 24 heavy (non-hydrogen) atoms. The van der Waals surface area contributed by atoms with E-state index < -0.39 is 0 Å². The van der Waals surface area contributed by atoms with Crippen molar-refractivity contribution >= 4 is 17.6 Å². The Kier molecular flexibility index (Phi) is 5.21. The van der Waals surface area contributed by atoms with Gasteiger partial charge in [-0.05, 0) is 31.9 Å². The summed E-state index contributed by atoms with van der Waals surface area (Å²) in [6.07, 6.45) is 1.83. The number of halogens is 1. The Bertz CT molecular complexity index is 715. The van der Waals surface area contributed by atoms with E-state index in [1.807, 2.05) is 29.8 Å². The number of nitrogens with zero attached hydrogens (tertiary/aromatic N) is 3.